The topological polar surface area (TPSA) is 35.2 Å². The van der Waals surface area contributed by atoms with Crippen molar-refractivity contribution in [1.29, 1.82) is 0 Å². The first kappa shape index (κ1) is 14.9. The maximum Gasteiger partial charge on any atom is 0.0801 e. The lowest BCUT2D eigenvalue weighted by atomic mass is 9.89. The summed E-state index contributed by atoms with van der Waals surface area (Å²) in [5.41, 5.74) is 6.08. The van der Waals surface area contributed by atoms with Crippen LogP contribution in [0.1, 0.15) is 66.2 Å². The summed E-state index contributed by atoms with van der Waals surface area (Å²) in [4.78, 5) is 0. The minimum Gasteiger partial charge on any atom is -0.374 e. The molecule has 0 aromatic rings. The van der Waals surface area contributed by atoms with Crippen LogP contribution in [0.2, 0.25) is 0 Å². The van der Waals surface area contributed by atoms with E-state index in [0.29, 0.717) is 0 Å². The summed E-state index contributed by atoms with van der Waals surface area (Å²) in [6, 6.07) is 0.180. The van der Waals surface area contributed by atoms with Gasteiger partial charge in [0.1, 0.15) is 0 Å². The number of hydrogen-bond donors (Lipinski definition) is 1. The van der Waals surface area contributed by atoms with Gasteiger partial charge in [0.15, 0.2) is 0 Å². The van der Waals surface area contributed by atoms with Crippen LogP contribution in [0.3, 0.4) is 0 Å². The molecular formula is C13H29NO. The van der Waals surface area contributed by atoms with Gasteiger partial charge >= 0.3 is 0 Å². The van der Waals surface area contributed by atoms with Crippen LogP contribution in [0, 0.1) is 0 Å². The third-order valence-electron chi connectivity index (χ3n) is 3.33. The van der Waals surface area contributed by atoms with Gasteiger partial charge in [-0.05, 0) is 26.7 Å². The van der Waals surface area contributed by atoms with E-state index >= 15 is 0 Å². The Balaban J connectivity index is 3.87. The number of nitrogens with two attached hydrogens (primary N) is 1. The summed E-state index contributed by atoms with van der Waals surface area (Å²) in [5, 5.41) is 0. The molecule has 0 aliphatic rings. The molecule has 0 radical (unpaired) electrons. The summed E-state index contributed by atoms with van der Waals surface area (Å²) in [7, 11) is 0. The van der Waals surface area contributed by atoms with E-state index in [0.717, 1.165) is 19.4 Å². The monoisotopic (exact) mass is 215 g/mol. The molecule has 0 heterocycles. The summed E-state index contributed by atoms with van der Waals surface area (Å²) in [5.74, 6) is 0. The number of hydrogen-bond acceptors (Lipinski definition) is 2. The fourth-order valence-electron chi connectivity index (χ4n) is 1.90. The second-order valence-corrected chi connectivity index (χ2v) is 4.56. The minimum atomic E-state index is -0.124. The summed E-state index contributed by atoms with van der Waals surface area (Å²) >= 11 is 0. The molecule has 0 spiro atoms. The zero-order valence-electron chi connectivity index (χ0n) is 11.0. The van der Waals surface area contributed by atoms with Crippen LogP contribution in [-0.2, 0) is 4.74 Å². The molecule has 2 N–H and O–H groups in total. The highest BCUT2D eigenvalue weighted by molar-refractivity contribution is 4.85. The largest absolute Gasteiger partial charge is 0.374 e. The predicted molar refractivity (Wildman–Crippen MR) is 67.1 cm³/mol. The quantitative estimate of drug-likeness (QED) is 0.598. The van der Waals surface area contributed by atoms with Crippen molar-refractivity contribution in [1.82, 2.24) is 0 Å². The van der Waals surface area contributed by atoms with Gasteiger partial charge in [0.05, 0.1) is 5.60 Å². The molecule has 0 amide bonds. The van der Waals surface area contributed by atoms with E-state index in [2.05, 4.69) is 20.8 Å². The fraction of sp³-hybridized carbons (Fsp3) is 1.00. The third-order valence-corrected chi connectivity index (χ3v) is 3.33. The molecule has 92 valence electrons. The standard InChI is InChI=1S/C13H29NO/c1-5-8-9-10-11-12(14)13(4,6-2)15-7-3/h12H,5-11,14H2,1-4H3. The van der Waals surface area contributed by atoms with Crippen molar-refractivity contribution >= 4 is 0 Å². The van der Waals surface area contributed by atoms with E-state index in [1.165, 1.54) is 25.7 Å². The SMILES string of the molecule is CCCCCCC(N)C(C)(CC)OCC. The molecule has 0 fully saturated rings. The first-order valence-corrected chi connectivity index (χ1v) is 6.50. The average molecular weight is 215 g/mol. The van der Waals surface area contributed by atoms with Gasteiger partial charge in [-0.1, -0.05) is 39.5 Å². The lowest BCUT2D eigenvalue weighted by Gasteiger charge is -2.34. The molecule has 2 atom stereocenters. The van der Waals surface area contributed by atoms with Crippen molar-refractivity contribution in [3.05, 3.63) is 0 Å². The molecule has 2 unspecified atom stereocenters. The van der Waals surface area contributed by atoms with Crippen LogP contribution in [0.25, 0.3) is 0 Å². The van der Waals surface area contributed by atoms with Crippen LogP contribution < -0.4 is 5.73 Å². The van der Waals surface area contributed by atoms with E-state index < -0.39 is 0 Å². The molecule has 0 saturated heterocycles. The zero-order valence-corrected chi connectivity index (χ0v) is 11.0. The van der Waals surface area contributed by atoms with Gasteiger partial charge in [0.25, 0.3) is 0 Å². The maximum atomic E-state index is 6.21. The van der Waals surface area contributed by atoms with Crippen LogP contribution in [-0.4, -0.2) is 18.2 Å². The maximum absolute atomic E-state index is 6.21. The van der Waals surface area contributed by atoms with Crippen molar-refractivity contribution in [2.24, 2.45) is 5.73 Å². The highest BCUT2D eigenvalue weighted by Crippen LogP contribution is 2.22. The molecule has 0 aromatic carbocycles. The Morgan fingerprint density at radius 2 is 1.80 bits per heavy atom. The predicted octanol–water partition coefficient (Wildman–Crippen LogP) is 3.49. The molecule has 2 heteroatoms. The molecule has 0 saturated carbocycles. The van der Waals surface area contributed by atoms with E-state index in [1.54, 1.807) is 0 Å². The third kappa shape index (κ3) is 5.53. The summed E-state index contributed by atoms with van der Waals surface area (Å²) < 4.78 is 5.77. The minimum absolute atomic E-state index is 0.124. The molecular weight excluding hydrogens is 186 g/mol. The number of unbranched alkanes of at least 4 members (excludes halogenated alkanes) is 3. The Bertz CT molecular complexity index is 149. The van der Waals surface area contributed by atoms with Crippen LogP contribution in [0.4, 0.5) is 0 Å². The summed E-state index contributed by atoms with van der Waals surface area (Å²) in [6.45, 7) is 9.32. The van der Waals surface area contributed by atoms with Crippen molar-refractivity contribution in [2.75, 3.05) is 6.61 Å². The van der Waals surface area contributed by atoms with E-state index in [9.17, 15) is 0 Å². The zero-order chi connectivity index (χ0) is 11.7. The first-order valence-electron chi connectivity index (χ1n) is 6.50. The molecule has 0 aliphatic heterocycles. The van der Waals surface area contributed by atoms with Crippen molar-refractivity contribution in [2.45, 2.75) is 77.9 Å². The highest BCUT2D eigenvalue weighted by atomic mass is 16.5. The lowest BCUT2D eigenvalue weighted by molar-refractivity contribution is -0.0483. The smallest absolute Gasteiger partial charge is 0.0801 e. The first-order chi connectivity index (χ1) is 7.10. The Labute approximate surface area is 95.6 Å². The van der Waals surface area contributed by atoms with E-state index in [4.69, 9.17) is 10.5 Å². The van der Waals surface area contributed by atoms with Crippen LogP contribution >= 0.6 is 0 Å². The van der Waals surface area contributed by atoms with Crippen LogP contribution in [0.15, 0.2) is 0 Å². The molecule has 2 nitrogen and oxygen atoms in total. The van der Waals surface area contributed by atoms with Gasteiger partial charge < -0.3 is 10.5 Å². The molecule has 15 heavy (non-hydrogen) atoms. The van der Waals surface area contributed by atoms with Gasteiger partial charge in [0.2, 0.25) is 0 Å². The average Bonchev–Trinajstić information content (AvgIpc) is 2.24. The lowest BCUT2D eigenvalue weighted by Crippen LogP contribution is -2.47. The number of ether oxygens (including phenoxy) is 1. The second-order valence-electron chi connectivity index (χ2n) is 4.56. The molecule has 0 bridgehead atoms. The van der Waals surface area contributed by atoms with Gasteiger partial charge in [-0.15, -0.1) is 0 Å². The Morgan fingerprint density at radius 3 is 2.27 bits per heavy atom. The van der Waals surface area contributed by atoms with E-state index in [1.807, 2.05) is 6.92 Å². The molecule has 0 rings (SSSR count). The second kappa shape index (κ2) is 8.12. The van der Waals surface area contributed by atoms with Gasteiger partial charge in [0, 0.05) is 12.6 Å². The van der Waals surface area contributed by atoms with Gasteiger partial charge in [-0.3, -0.25) is 0 Å². The number of rotatable bonds is 9. The highest BCUT2D eigenvalue weighted by Gasteiger charge is 2.29. The molecule has 0 aromatic heterocycles. The van der Waals surface area contributed by atoms with Crippen molar-refractivity contribution in [3.63, 3.8) is 0 Å². The summed E-state index contributed by atoms with van der Waals surface area (Å²) in [6.07, 6.45) is 7.23. The Kier molecular flexibility index (Phi) is 8.07. The molecule has 0 aliphatic carbocycles. The normalized spacial score (nSPS) is 17.4. The van der Waals surface area contributed by atoms with Crippen LogP contribution in [0.5, 0.6) is 0 Å². The fourth-order valence-corrected chi connectivity index (χ4v) is 1.90. The van der Waals surface area contributed by atoms with Gasteiger partial charge in [-0.25, -0.2) is 0 Å². The van der Waals surface area contributed by atoms with Crippen molar-refractivity contribution in [3.8, 4) is 0 Å². The van der Waals surface area contributed by atoms with Gasteiger partial charge in [-0.2, -0.15) is 0 Å². The Morgan fingerprint density at radius 1 is 1.13 bits per heavy atom. The van der Waals surface area contributed by atoms with E-state index in [-0.39, 0.29) is 11.6 Å². The van der Waals surface area contributed by atoms with Crippen molar-refractivity contribution < 1.29 is 4.74 Å². The Hall–Kier alpha value is -0.0800.